The minimum absolute atomic E-state index is 0.0729. The van der Waals surface area contributed by atoms with Crippen molar-refractivity contribution in [3.63, 3.8) is 0 Å². The van der Waals surface area contributed by atoms with Crippen molar-refractivity contribution in [2.75, 3.05) is 11.4 Å². The molecule has 120 valence electrons. The molecule has 2 aromatic rings. The van der Waals surface area contributed by atoms with Gasteiger partial charge in [0.25, 0.3) is 0 Å². The van der Waals surface area contributed by atoms with Gasteiger partial charge in [0.2, 0.25) is 15.9 Å². The van der Waals surface area contributed by atoms with Crippen molar-refractivity contribution in [1.29, 1.82) is 0 Å². The van der Waals surface area contributed by atoms with Gasteiger partial charge in [-0.3, -0.25) is 4.79 Å². The van der Waals surface area contributed by atoms with Crippen molar-refractivity contribution in [2.24, 2.45) is 0 Å². The molecule has 1 amide bonds. The number of hydrogen-bond donors (Lipinski definition) is 1. The van der Waals surface area contributed by atoms with E-state index in [2.05, 4.69) is 4.72 Å². The first-order valence-corrected chi connectivity index (χ1v) is 8.57. The molecule has 5 nitrogen and oxygen atoms in total. The van der Waals surface area contributed by atoms with Crippen LogP contribution in [0.3, 0.4) is 0 Å². The Balaban J connectivity index is 1.74. The third-order valence-corrected chi connectivity index (χ3v) is 5.18. The zero-order valence-corrected chi connectivity index (χ0v) is 13.0. The number of amides is 1. The van der Waals surface area contributed by atoms with Gasteiger partial charge in [-0.2, -0.15) is 0 Å². The summed E-state index contributed by atoms with van der Waals surface area (Å²) in [7, 11) is -3.67. The number of nitrogens with zero attached hydrogens (tertiary/aromatic N) is 1. The quantitative estimate of drug-likeness (QED) is 0.929. The summed E-state index contributed by atoms with van der Waals surface area (Å²) in [6, 6.07) is 13.0. The number of anilines is 1. The van der Waals surface area contributed by atoms with E-state index in [4.69, 9.17) is 0 Å². The summed E-state index contributed by atoms with van der Waals surface area (Å²) in [5.74, 6) is -0.584. The molecule has 1 heterocycles. The fraction of sp³-hybridized carbons (Fsp3) is 0.188. The van der Waals surface area contributed by atoms with Crippen molar-refractivity contribution >= 4 is 21.6 Å². The van der Waals surface area contributed by atoms with Gasteiger partial charge in [0.15, 0.2) is 0 Å². The summed E-state index contributed by atoms with van der Waals surface area (Å²) in [4.78, 5) is 13.7. The lowest BCUT2D eigenvalue weighted by Gasteiger charge is -2.17. The van der Waals surface area contributed by atoms with E-state index >= 15 is 0 Å². The van der Waals surface area contributed by atoms with Gasteiger partial charge < -0.3 is 4.90 Å². The number of carbonyl (C=O) groups excluding carboxylic acids is 1. The van der Waals surface area contributed by atoms with E-state index < -0.39 is 16.1 Å². The zero-order chi connectivity index (χ0) is 16.4. The Morgan fingerprint density at radius 1 is 1.04 bits per heavy atom. The van der Waals surface area contributed by atoms with Gasteiger partial charge in [0, 0.05) is 24.7 Å². The van der Waals surface area contributed by atoms with Gasteiger partial charge in [-0.05, 0) is 36.4 Å². The van der Waals surface area contributed by atoms with E-state index in [-0.39, 0.29) is 29.6 Å². The molecular weight excluding hydrogens is 319 g/mol. The highest BCUT2D eigenvalue weighted by atomic mass is 32.2. The summed E-state index contributed by atoms with van der Waals surface area (Å²) in [6.07, 6.45) is 0.0729. The predicted octanol–water partition coefficient (Wildman–Crippen LogP) is 1.91. The standard InChI is InChI=1S/C16H15FN2O3S/c17-12-6-8-14(9-7-12)19-11-13(10-16(19)20)18-23(21,22)15-4-2-1-3-5-15/h1-9,13,18H,10-11H2/t13-/m0/s1. The molecule has 0 bridgehead atoms. The molecule has 1 fully saturated rings. The molecule has 7 heteroatoms. The predicted molar refractivity (Wildman–Crippen MR) is 83.9 cm³/mol. The molecule has 1 atom stereocenters. The second kappa shape index (κ2) is 6.10. The van der Waals surface area contributed by atoms with Crippen LogP contribution in [0.1, 0.15) is 6.42 Å². The third kappa shape index (κ3) is 3.40. The van der Waals surface area contributed by atoms with Crippen LogP contribution < -0.4 is 9.62 Å². The van der Waals surface area contributed by atoms with E-state index in [1.54, 1.807) is 18.2 Å². The van der Waals surface area contributed by atoms with Crippen LogP contribution in [0.2, 0.25) is 0 Å². The smallest absolute Gasteiger partial charge is 0.240 e. The van der Waals surface area contributed by atoms with E-state index in [9.17, 15) is 17.6 Å². The second-order valence-corrected chi connectivity index (χ2v) is 7.03. The Hall–Kier alpha value is -2.25. The molecule has 0 spiro atoms. The first kappa shape index (κ1) is 15.6. The van der Waals surface area contributed by atoms with Gasteiger partial charge >= 0.3 is 0 Å². The molecule has 0 unspecified atom stereocenters. The summed E-state index contributed by atoms with van der Waals surface area (Å²) in [6.45, 7) is 0.219. The van der Waals surface area contributed by atoms with Crippen LogP contribution in [-0.4, -0.2) is 26.9 Å². The SMILES string of the molecule is O=C1C[C@H](NS(=O)(=O)c2ccccc2)CN1c1ccc(F)cc1. The molecule has 0 saturated carbocycles. The fourth-order valence-electron chi connectivity index (χ4n) is 2.54. The molecule has 0 aromatic heterocycles. The lowest BCUT2D eigenvalue weighted by Crippen LogP contribution is -2.37. The van der Waals surface area contributed by atoms with Crippen molar-refractivity contribution < 1.29 is 17.6 Å². The average Bonchev–Trinajstić information content (AvgIpc) is 2.89. The molecule has 1 aliphatic heterocycles. The van der Waals surface area contributed by atoms with Crippen LogP contribution in [0.5, 0.6) is 0 Å². The Bertz CT molecular complexity index is 807. The Morgan fingerprint density at radius 3 is 2.35 bits per heavy atom. The van der Waals surface area contributed by atoms with Crippen molar-refractivity contribution in [3.05, 3.63) is 60.4 Å². The molecule has 2 aromatic carbocycles. The molecule has 1 saturated heterocycles. The Morgan fingerprint density at radius 2 is 1.70 bits per heavy atom. The third-order valence-electron chi connectivity index (χ3n) is 3.64. The number of sulfonamides is 1. The summed E-state index contributed by atoms with van der Waals surface area (Å²) in [5, 5.41) is 0. The summed E-state index contributed by atoms with van der Waals surface area (Å²) >= 11 is 0. The maximum Gasteiger partial charge on any atom is 0.240 e. The monoisotopic (exact) mass is 334 g/mol. The van der Waals surface area contributed by atoms with Crippen LogP contribution in [-0.2, 0) is 14.8 Å². The van der Waals surface area contributed by atoms with Crippen LogP contribution >= 0.6 is 0 Å². The minimum Gasteiger partial charge on any atom is -0.311 e. The van der Waals surface area contributed by atoms with Crippen molar-refractivity contribution in [3.8, 4) is 0 Å². The summed E-state index contributed by atoms with van der Waals surface area (Å²) < 4.78 is 40.1. The molecule has 1 aliphatic rings. The lowest BCUT2D eigenvalue weighted by atomic mass is 10.3. The number of nitrogens with one attached hydrogen (secondary N) is 1. The van der Waals surface area contributed by atoms with E-state index in [0.717, 1.165) is 0 Å². The zero-order valence-electron chi connectivity index (χ0n) is 12.1. The second-order valence-electron chi connectivity index (χ2n) is 5.32. The average molecular weight is 334 g/mol. The number of halogens is 1. The molecule has 3 rings (SSSR count). The van der Waals surface area contributed by atoms with Gasteiger partial charge in [-0.25, -0.2) is 17.5 Å². The van der Waals surface area contributed by atoms with Crippen LogP contribution in [0.15, 0.2) is 59.5 Å². The Kier molecular flexibility index (Phi) is 4.14. The summed E-state index contributed by atoms with van der Waals surface area (Å²) in [5.41, 5.74) is 0.554. The topological polar surface area (TPSA) is 66.5 Å². The first-order valence-electron chi connectivity index (χ1n) is 7.09. The van der Waals surface area contributed by atoms with E-state index in [1.807, 2.05) is 0 Å². The molecular formula is C16H15FN2O3S. The molecule has 0 aliphatic carbocycles. The highest BCUT2D eigenvalue weighted by molar-refractivity contribution is 7.89. The fourth-order valence-corrected chi connectivity index (χ4v) is 3.79. The van der Waals surface area contributed by atoms with Crippen molar-refractivity contribution in [2.45, 2.75) is 17.4 Å². The van der Waals surface area contributed by atoms with Gasteiger partial charge in [0.05, 0.1) is 4.90 Å². The number of hydrogen-bond acceptors (Lipinski definition) is 3. The van der Waals surface area contributed by atoms with E-state index in [1.165, 1.54) is 41.3 Å². The number of carbonyl (C=O) groups is 1. The maximum absolute atomic E-state index is 13.0. The van der Waals surface area contributed by atoms with Crippen LogP contribution in [0.4, 0.5) is 10.1 Å². The highest BCUT2D eigenvalue weighted by Gasteiger charge is 2.33. The lowest BCUT2D eigenvalue weighted by molar-refractivity contribution is -0.117. The molecule has 23 heavy (non-hydrogen) atoms. The minimum atomic E-state index is -3.67. The van der Waals surface area contributed by atoms with Gasteiger partial charge in [0.1, 0.15) is 5.82 Å². The van der Waals surface area contributed by atoms with Crippen LogP contribution in [0, 0.1) is 5.82 Å². The van der Waals surface area contributed by atoms with E-state index in [0.29, 0.717) is 5.69 Å². The van der Waals surface area contributed by atoms with Crippen LogP contribution in [0.25, 0.3) is 0 Å². The van der Waals surface area contributed by atoms with Gasteiger partial charge in [-0.1, -0.05) is 18.2 Å². The number of benzene rings is 2. The normalized spacial score (nSPS) is 18.4. The largest absolute Gasteiger partial charge is 0.311 e. The number of rotatable bonds is 4. The molecule has 0 radical (unpaired) electrons. The van der Waals surface area contributed by atoms with Crippen molar-refractivity contribution in [1.82, 2.24) is 4.72 Å². The van der Waals surface area contributed by atoms with Gasteiger partial charge in [-0.15, -0.1) is 0 Å². The first-order chi connectivity index (χ1) is 11.0. The molecule has 1 N–H and O–H groups in total. The highest BCUT2D eigenvalue weighted by Crippen LogP contribution is 2.22. The Labute approximate surface area is 133 Å². The maximum atomic E-state index is 13.0.